The number of anilines is 1. The van der Waals surface area contributed by atoms with Crippen LogP contribution in [0.5, 0.6) is 0 Å². The Balaban J connectivity index is 1.56. The number of para-hydroxylation sites is 1. The lowest BCUT2D eigenvalue weighted by Gasteiger charge is -2.37. The highest BCUT2D eigenvalue weighted by atomic mass is 19.1. The summed E-state index contributed by atoms with van der Waals surface area (Å²) in [5, 5.41) is 2.53. The van der Waals surface area contributed by atoms with Crippen molar-refractivity contribution in [1.82, 2.24) is 14.9 Å². The molecule has 1 saturated heterocycles. The molecule has 3 rings (SSSR count). The smallest absolute Gasteiger partial charge is 0.274 e. The number of benzene rings is 1. The minimum atomic E-state index is -0.484. The Morgan fingerprint density at radius 1 is 1.23 bits per heavy atom. The number of rotatable bonds is 3. The summed E-state index contributed by atoms with van der Waals surface area (Å²) in [7, 11) is 0. The van der Waals surface area contributed by atoms with Gasteiger partial charge in [0.05, 0.1) is 17.8 Å². The normalized spacial score (nSPS) is 14.3. The summed E-state index contributed by atoms with van der Waals surface area (Å²) in [5.74, 6) is -1.39. The summed E-state index contributed by atoms with van der Waals surface area (Å²) < 4.78 is 13.5. The van der Waals surface area contributed by atoms with Gasteiger partial charge in [-0.25, -0.2) is 9.37 Å². The van der Waals surface area contributed by atoms with Crippen molar-refractivity contribution < 1.29 is 14.0 Å². The van der Waals surface area contributed by atoms with Crippen molar-refractivity contribution in [2.45, 2.75) is 0 Å². The molecule has 0 aliphatic carbocycles. The number of nitrogens with zero attached hydrogens (tertiary/aromatic N) is 3. The van der Waals surface area contributed by atoms with Crippen LogP contribution in [0.3, 0.4) is 0 Å². The Labute approximate surface area is 126 Å². The van der Waals surface area contributed by atoms with E-state index in [-0.39, 0.29) is 42.2 Å². The fraction of sp³-hybridized carbons (Fsp3) is 0.200. The SMILES string of the molecule is O=C(Nc1ccccc1F)C1CN(C(=O)c2cnccn2)C1. The summed E-state index contributed by atoms with van der Waals surface area (Å²) in [6, 6.07) is 5.97. The van der Waals surface area contributed by atoms with Crippen molar-refractivity contribution in [3.63, 3.8) is 0 Å². The van der Waals surface area contributed by atoms with Gasteiger partial charge in [-0.15, -0.1) is 0 Å². The van der Waals surface area contributed by atoms with E-state index in [1.807, 2.05) is 0 Å². The molecule has 0 bridgehead atoms. The molecule has 2 aromatic rings. The quantitative estimate of drug-likeness (QED) is 0.928. The Kier molecular flexibility index (Phi) is 3.78. The molecule has 2 amide bonds. The molecule has 1 aromatic carbocycles. The van der Waals surface area contributed by atoms with Crippen LogP contribution >= 0.6 is 0 Å². The third kappa shape index (κ3) is 2.78. The summed E-state index contributed by atoms with van der Waals surface area (Å²) in [5.41, 5.74) is 0.390. The van der Waals surface area contributed by atoms with Crippen LogP contribution in [0.4, 0.5) is 10.1 Å². The molecule has 112 valence electrons. The van der Waals surface area contributed by atoms with E-state index in [2.05, 4.69) is 15.3 Å². The van der Waals surface area contributed by atoms with Gasteiger partial charge in [-0.3, -0.25) is 14.6 Å². The van der Waals surface area contributed by atoms with Crippen molar-refractivity contribution in [3.05, 3.63) is 54.4 Å². The average Bonchev–Trinajstić information content (AvgIpc) is 2.49. The molecule has 1 N–H and O–H groups in total. The second-order valence-electron chi connectivity index (χ2n) is 4.97. The van der Waals surface area contributed by atoms with Gasteiger partial charge in [0.15, 0.2) is 0 Å². The lowest BCUT2D eigenvalue weighted by Crippen LogP contribution is -2.54. The lowest BCUT2D eigenvalue weighted by atomic mass is 9.98. The van der Waals surface area contributed by atoms with Gasteiger partial charge in [0.1, 0.15) is 11.5 Å². The average molecular weight is 300 g/mol. The van der Waals surface area contributed by atoms with Gasteiger partial charge in [-0.05, 0) is 12.1 Å². The van der Waals surface area contributed by atoms with Crippen LogP contribution in [-0.2, 0) is 4.79 Å². The molecule has 2 heterocycles. The molecule has 22 heavy (non-hydrogen) atoms. The first-order chi connectivity index (χ1) is 10.6. The van der Waals surface area contributed by atoms with Crippen LogP contribution in [0, 0.1) is 11.7 Å². The molecule has 6 nitrogen and oxygen atoms in total. The minimum Gasteiger partial charge on any atom is -0.336 e. The Bertz CT molecular complexity index is 702. The van der Waals surface area contributed by atoms with Crippen LogP contribution < -0.4 is 5.32 Å². The third-order valence-corrected chi connectivity index (χ3v) is 3.45. The molecule has 0 atom stereocenters. The number of halogens is 1. The van der Waals surface area contributed by atoms with Crippen molar-refractivity contribution >= 4 is 17.5 Å². The van der Waals surface area contributed by atoms with Gasteiger partial charge in [0.25, 0.3) is 5.91 Å². The first-order valence-corrected chi connectivity index (χ1v) is 6.76. The number of nitrogens with one attached hydrogen (secondary N) is 1. The van der Waals surface area contributed by atoms with Crippen molar-refractivity contribution in [3.8, 4) is 0 Å². The number of hydrogen-bond acceptors (Lipinski definition) is 4. The van der Waals surface area contributed by atoms with E-state index < -0.39 is 5.82 Å². The van der Waals surface area contributed by atoms with Gasteiger partial charge in [0, 0.05) is 25.5 Å². The largest absolute Gasteiger partial charge is 0.336 e. The number of likely N-dealkylation sites (tertiary alicyclic amines) is 1. The van der Waals surface area contributed by atoms with E-state index in [0.717, 1.165) is 0 Å². The second-order valence-corrected chi connectivity index (χ2v) is 4.97. The maximum Gasteiger partial charge on any atom is 0.274 e. The summed E-state index contributed by atoms with van der Waals surface area (Å²) in [6.45, 7) is 0.575. The molecule has 0 saturated carbocycles. The van der Waals surface area contributed by atoms with Crippen LogP contribution in [0.25, 0.3) is 0 Å². The number of amides is 2. The highest BCUT2D eigenvalue weighted by Crippen LogP contribution is 2.21. The maximum atomic E-state index is 13.5. The summed E-state index contributed by atoms with van der Waals surface area (Å²) >= 11 is 0. The first kappa shape index (κ1) is 14.1. The van der Waals surface area contributed by atoms with Gasteiger partial charge < -0.3 is 10.2 Å². The zero-order valence-electron chi connectivity index (χ0n) is 11.6. The molecule has 0 unspecified atom stereocenters. The zero-order valence-corrected chi connectivity index (χ0v) is 11.6. The molecular weight excluding hydrogens is 287 g/mol. The molecule has 0 radical (unpaired) electrons. The molecular formula is C15H13FN4O2. The van der Waals surface area contributed by atoms with E-state index in [4.69, 9.17) is 0 Å². The number of aromatic nitrogens is 2. The fourth-order valence-corrected chi connectivity index (χ4v) is 2.18. The number of carbonyl (C=O) groups excluding carboxylic acids is 2. The van der Waals surface area contributed by atoms with Crippen LogP contribution in [0.15, 0.2) is 42.9 Å². The van der Waals surface area contributed by atoms with Gasteiger partial charge in [-0.2, -0.15) is 0 Å². The zero-order chi connectivity index (χ0) is 15.5. The van der Waals surface area contributed by atoms with Gasteiger partial charge in [-0.1, -0.05) is 12.1 Å². The Hall–Kier alpha value is -2.83. The standard InChI is InChI=1S/C15H13FN4O2/c16-11-3-1-2-4-12(11)19-14(21)10-8-20(9-10)15(22)13-7-17-5-6-18-13/h1-7,10H,8-9H2,(H,19,21). The van der Waals surface area contributed by atoms with E-state index in [9.17, 15) is 14.0 Å². The van der Waals surface area contributed by atoms with Crippen molar-refractivity contribution in [2.24, 2.45) is 5.92 Å². The molecule has 1 aromatic heterocycles. The van der Waals surface area contributed by atoms with Crippen molar-refractivity contribution in [1.29, 1.82) is 0 Å². The van der Waals surface area contributed by atoms with E-state index in [1.54, 1.807) is 12.1 Å². The maximum absolute atomic E-state index is 13.5. The molecule has 1 aliphatic heterocycles. The lowest BCUT2D eigenvalue weighted by molar-refractivity contribution is -0.123. The highest BCUT2D eigenvalue weighted by Gasteiger charge is 2.36. The molecule has 1 fully saturated rings. The first-order valence-electron chi connectivity index (χ1n) is 6.76. The molecule has 0 spiro atoms. The van der Waals surface area contributed by atoms with E-state index in [1.165, 1.54) is 35.6 Å². The Morgan fingerprint density at radius 3 is 2.68 bits per heavy atom. The summed E-state index contributed by atoms with van der Waals surface area (Å²) in [4.78, 5) is 33.3. The van der Waals surface area contributed by atoms with Crippen LogP contribution in [0.1, 0.15) is 10.5 Å². The topological polar surface area (TPSA) is 75.2 Å². The van der Waals surface area contributed by atoms with E-state index >= 15 is 0 Å². The predicted molar refractivity (Wildman–Crippen MR) is 76.5 cm³/mol. The van der Waals surface area contributed by atoms with Crippen LogP contribution in [0.2, 0.25) is 0 Å². The summed E-state index contributed by atoms with van der Waals surface area (Å²) in [6.07, 6.45) is 4.31. The predicted octanol–water partition coefficient (Wildman–Crippen LogP) is 1.33. The van der Waals surface area contributed by atoms with Crippen LogP contribution in [-0.4, -0.2) is 39.8 Å². The van der Waals surface area contributed by atoms with Crippen molar-refractivity contribution in [2.75, 3.05) is 18.4 Å². The number of carbonyl (C=O) groups is 2. The van der Waals surface area contributed by atoms with Gasteiger partial charge >= 0.3 is 0 Å². The second kappa shape index (κ2) is 5.88. The van der Waals surface area contributed by atoms with E-state index in [0.29, 0.717) is 0 Å². The highest BCUT2D eigenvalue weighted by molar-refractivity contribution is 5.97. The molecule has 7 heteroatoms. The Morgan fingerprint density at radius 2 is 2.00 bits per heavy atom. The third-order valence-electron chi connectivity index (χ3n) is 3.45. The minimum absolute atomic E-state index is 0.145. The monoisotopic (exact) mass is 300 g/mol. The molecule has 1 aliphatic rings. The van der Waals surface area contributed by atoms with Gasteiger partial charge in [0.2, 0.25) is 5.91 Å². The number of hydrogen-bond donors (Lipinski definition) is 1. The fourth-order valence-electron chi connectivity index (χ4n) is 2.18.